The summed E-state index contributed by atoms with van der Waals surface area (Å²) >= 11 is 0. The molecule has 4 N–H and O–H groups in total. The highest BCUT2D eigenvalue weighted by Crippen LogP contribution is 2.15. The lowest BCUT2D eigenvalue weighted by molar-refractivity contribution is -0.192. The molecule has 1 atom stereocenters. The molecule has 1 fully saturated rings. The van der Waals surface area contributed by atoms with Gasteiger partial charge in [0.2, 0.25) is 5.91 Å². The Balaban J connectivity index is 0.000000412. The van der Waals surface area contributed by atoms with E-state index in [9.17, 15) is 18.0 Å². The molecule has 0 aliphatic carbocycles. The first-order valence-corrected chi connectivity index (χ1v) is 7.46. The first kappa shape index (κ1) is 21.4. The van der Waals surface area contributed by atoms with Crippen LogP contribution in [0.5, 0.6) is 0 Å². The molecular formula is C15H19F3N4O4. The average Bonchev–Trinajstić information content (AvgIpc) is 2.93. The van der Waals surface area contributed by atoms with E-state index in [4.69, 9.17) is 15.1 Å². The minimum Gasteiger partial charge on any atom is -0.475 e. The standard InChI is InChI=1S/C13H18N4O2.C2HF3O2/c1-14-12-5-6-17(13(12)18)9-11-4-2-3-10(7-11)8-15-16-19;3-2(4,5)1(6)7/h2-4,7-8,12,14,16,19H,5-6,9H2,1H3;(H,6,7)/t12-;/m0./s1. The predicted molar refractivity (Wildman–Crippen MR) is 85.5 cm³/mol. The summed E-state index contributed by atoms with van der Waals surface area (Å²) < 4.78 is 31.7. The fraction of sp³-hybridized carbons (Fsp3) is 0.400. The molecule has 1 aliphatic heterocycles. The van der Waals surface area contributed by atoms with Gasteiger partial charge in [0, 0.05) is 13.1 Å². The second-order valence-corrected chi connectivity index (χ2v) is 5.30. The van der Waals surface area contributed by atoms with Gasteiger partial charge >= 0.3 is 12.1 Å². The van der Waals surface area contributed by atoms with Crippen LogP contribution < -0.4 is 10.9 Å². The maximum atomic E-state index is 12.0. The third-order valence-electron chi connectivity index (χ3n) is 3.48. The van der Waals surface area contributed by atoms with Crippen LogP contribution in [0.2, 0.25) is 0 Å². The normalized spacial score (nSPS) is 17.2. The molecule has 8 nitrogen and oxygen atoms in total. The van der Waals surface area contributed by atoms with E-state index in [0.717, 1.165) is 24.1 Å². The van der Waals surface area contributed by atoms with Crippen molar-refractivity contribution in [3.63, 3.8) is 0 Å². The topological polar surface area (TPSA) is 114 Å². The molecule has 1 aromatic carbocycles. The molecule has 0 aromatic heterocycles. The van der Waals surface area contributed by atoms with Crippen molar-refractivity contribution in [2.24, 2.45) is 5.10 Å². The molecule has 2 rings (SSSR count). The number of nitrogens with one attached hydrogen (secondary N) is 2. The van der Waals surface area contributed by atoms with Gasteiger partial charge in [-0.2, -0.15) is 23.9 Å². The number of likely N-dealkylation sites (N-methyl/N-ethyl adjacent to an activating group) is 1. The minimum atomic E-state index is -5.08. The number of hydrogen-bond acceptors (Lipinski definition) is 6. The van der Waals surface area contributed by atoms with Crippen LogP contribution in [0.1, 0.15) is 17.5 Å². The molecule has 144 valence electrons. The van der Waals surface area contributed by atoms with E-state index in [-0.39, 0.29) is 11.9 Å². The first-order chi connectivity index (χ1) is 12.2. The molecule has 11 heteroatoms. The fourth-order valence-corrected chi connectivity index (χ4v) is 2.26. The van der Waals surface area contributed by atoms with E-state index in [1.807, 2.05) is 36.2 Å². The lowest BCUT2D eigenvalue weighted by Gasteiger charge is -2.16. The Morgan fingerprint density at radius 2 is 2.12 bits per heavy atom. The number of rotatable bonds is 5. The van der Waals surface area contributed by atoms with Gasteiger partial charge in [0.1, 0.15) is 0 Å². The molecule has 0 bridgehead atoms. The van der Waals surface area contributed by atoms with Crippen molar-refractivity contribution in [1.29, 1.82) is 0 Å². The molecule has 1 aliphatic rings. The van der Waals surface area contributed by atoms with E-state index >= 15 is 0 Å². The molecule has 1 heterocycles. The summed E-state index contributed by atoms with van der Waals surface area (Å²) in [5.41, 5.74) is 3.65. The van der Waals surface area contributed by atoms with Gasteiger partial charge in [0.15, 0.2) is 0 Å². The monoisotopic (exact) mass is 376 g/mol. The third kappa shape index (κ3) is 6.69. The Morgan fingerprint density at radius 1 is 1.46 bits per heavy atom. The van der Waals surface area contributed by atoms with Crippen LogP contribution in [0.4, 0.5) is 13.2 Å². The van der Waals surface area contributed by atoms with Crippen LogP contribution in [0.25, 0.3) is 0 Å². The van der Waals surface area contributed by atoms with Gasteiger partial charge in [-0.1, -0.05) is 18.2 Å². The molecule has 0 saturated carbocycles. The summed E-state index contributed by atoms with van der Waals surface area (Å²) in [6.07, 6.45) is -2.71. The van der Waals surface area contributed by atoms with Crippen LogP contribution in [-0.4, -0.2) is 59.1 Å². The highest BCUT2D eigenvalue weighted by Gasteiger charge is 2.38. The molecule has 0 spiro atoms. The van der Waals surface area contributed by atoms with Crippen molar-refractivity contribution in [2.45, 2.75) is 25.2 Å². The summed E-state index contributed by atoms with van der Waals surface area (Å²) in [4.78, 5) is 22.7. The number of hydrazone groups is 1. The van der Waals surface area contributed by atoms with Gasteiger partial charge in [-0.05, 0) is 30.7 Å². The highest BCUT2D eigenvalue weighted by atomic mass is 19.4. The van der Waals surface area contributed by atoms with Crippen molar-refractivity contribution in [1.82, 2.24) is 15.8 Å². The molecule has 0 radical (unpaired) electrons. The lowest BCUT2D eigenvalue weighted by Crippen LogP contribution is -2.35. The summed E-state index contributed by atoms with van der Waals surface area (Å²) in [6, 6.07) is 7.66. The Bertz CT molecular complexity index is 652. The fourth-order valence-electron chi connectivity index (χ4n) is 2.26. The van der Waals surface area contributed by atoms with Crippen molar-refractivity contribution in [2.75, 3.05) is 13.6 Å². The van der Waals surface area contributed by atoms with Gasteiger partial charge in [-0.3, -0.25) is 10.0 Å². The van der Waals surface area contributed by atoms with Crippen molar-refractivity contribution in [3.05, 3.63) is 35.4 Å². The zero-order chi connectivity index (χ0) is 19.7. The number of benzene rings is 1. The number of hydrogen-bond donors (Lipinski definition) is 4. The molecule has 1 saturated heterocycles. The highest BCUT2D eigenvalue weighted by molar-refractivity contribution is 5.84. The SMILES string of the molecule is CN[C@H]1CCN(Cc2cccc(C=NNO)c2)C1=O.O=C(O)C(F)(F)F. The number of carbonyl (C=O) groups is 2. The van der Waals surface area contributed by atoms with E-state index < -0.39 is 12.1 Å². The maximum absolute atomic E-state index is 12.0. The number of amides is 1. The summed E-state index contributed by atoms with van der Waals surface area (Å²) in [6.45, 7) is 1.38. The quantitative estimate of drug-likeness (QED) is 0.450. The number of likely N-dealkylation sites (tertiary alicyclic amines) is 1. The summed E-state index contributed by atoms with van der Waals surface area (Å²) in [7, 11) is 1.81. The van der Waals surface area contributed by atoms with Crippen LogP contribution in [0.3, 0.4) is 0 Å². The smallest absolute Gasteiger partial charge is 0.475 e. The lowest BCUT2D eigenvalue weighted by atomic mass is 10.1. The number of aliphatic carboxylic acids is 1. The number of carboxylic acid groups (broad SMARTS) is 1. The van der Waals surface area contributed by atoms with E-state index in [0.29, 0.717) is 6.54 Å². The van der Waals surface area contributed by atoms with Crippen molar-refractivity contribution >= 4 is 18.1 Å². The van der Waals surface area contributed by atoms with Crippen molar-refractivity contribution in [3.8, 4) is 0 Å². The van der Waals surface area contributed by atoms with Crippen LogP contribution in [-0.2, 0) is 16.1 Å². The summed E-state index contributed by atoms with van der Waals surface area (Å²) in [5.74, 6) is -2.61. The molecule has 1 amide bonds. The van der Waals surface area contributed by atoms with Gasteiger partial charge in [0.05, 0.1) is 12.3 Å². The molecule has 1 aromatic rings. The van der Waals surface area contributed by atoms with E-state index in [1.54, 1.807) is 5.59 Å². The Morgan fingerprint density at radius 3 is 2.62 bits per heavy atom. The molecule has 0 unspecified atom stereocenters. The van der Waals surface area contributed by atoms with Gasteiger partial charge < -0.3 is 15.3 Å². The van der Waals surface area contributed by atoms with Gasteiger partial charge in [-0.15, -0.1) is 0 Å². The van der Waals surface area contributed by atoms with Crippen LogP contribution in [0, 0.1) is 0 Å². The zero-order valence-corrected chi connectivity index (χ0v) is 13.8. The first-order valence-electron chi connectivity index (χ1n) is 7.46. The second kappa shape index (κ2) is 9.73. The van der Waals surface area contributed by atoms with Crippen LogP contribution >= 0.6 is 0 Å². The average molecular weight is 376 g/mol. The number of nitrogens with zero attached hydrogens (tertiary/aromatic N) is 2. The van der Waals surface area contributed by atoms with Gasteiger partial charge in [0.25, 0.3) is 0 Å². The Kier molecular flexibility index (Phi) is 8.00. The van der Waals surface area contributed by atoms with Crippen molar-refractivity contribution < 1.29 is 33.1 Å². The largest absolute Gasteiger partial charge is 0.490 e. The maximum Gasteiger partial charge on any atom is 0.490 e. The predicted octanol–water partition coefficient (Wildman–Crippen LogP) is 0.953. The summed E-state index contributed by atoms with van der Waals surface area (Å²) in [5, 5.41) is 22.1. The number of alkyl halides is 3. The minimum absolute atomic E-state index is 0.0525. The second-order valence-electron chi connectivity index (χ2n) is 5.30. The molecule has 26 heavy (non-hydrogen) atoms. The number of halogens is 3. The third-order valence-corrected chi connectivity index (χ3v) is 3.48. The zero-order valence-electron chi connectivity index (χ0n) is 13.8. The molecular weight excluding hydrogens is 357 g/mol. The Hall–Kier alpha value is -2.66. The Labute approximate surface area is 147 Å². The number of carbonyl (C=O) groups excluding carboxylic acids is 1. The van der Waals surface area contributed by atoms with E-state index in [2.05, 4.69) is 10.4 Å². The van der Waals surface area contributed by atoms with E-state index in [1.165, 1.54) is 6.21 Å². The number of carboxylic acids is 1. The van der Waals surface area contributed by atoms with Crippen LogP contribution in [0.15, 0.2) is 29.4 Å². The van der Waals surface area contributed by atoms with Gasteiger partial charge in [-0.25, -0.2) is 4.79 Å².